The maximum atomic E-state index is 11.6. The molecule has 17 heavy (non-hydrogen) atoms. The van der Waals surface area contributed by atoms with E-state index in [1.165, 1.54) is 0 Å². The Morgan fingerprint density at radius 2 is 1.76 bits per heavy atom. The largest absolute Gasteiger partial charge is 0.481 e. The first-order valence-corrected chi connectivity index (χ1v) is 6.15. The molecule has 0 aromatic heterocycles. The van der Waals surface area contributed by atoms with E-state index in [1.807, 2.05) is 0 Å². The van der Waals surface area contributed by atoms with Gasteiger partial charge in [0.2, 0.25) is 5.91 Å². The first-order valence-electron chi connectivity index (χ1n) is 4.89. The van der Waals surface area contributed by atoms with Crippen molar-refractivity contribution in [1.82, 2.24) is 5.32 Å². The van der Waals surface area contributed by atoms with Gasteiger partial charge in [-0.05, 0) is 12.2 Å². The van der Waals surface area contributed by atoms with E-state index in [2.05, 4.69) is 30.6 Å². The van der Waals surface area contributed by atoms with Crippen LogP contribution in [0.5, 0.6) is 0 Å². The molecule has 0 fully saturated rings. The zero-order valence-electron chi connectivity index (χ0n) is 9.00. The fourth-order valence-electron chi connectivity index (χ4n) is 1.13. The highest BCUT2D eigenvalue weighted by Gasteiger charge is 2.25. The number of amides is 1. The molecular formula is C9H15NO5S2. The maximum Gasteiger partial charge on any atom is 0.326 e. The average Bonchev–Trinajstić information content (AvgIpc) is 2.24. The van der Waals surface area contributed by atoms with Crippen LogP contribution < -0.4 is 5.32 Å². The number of carboxylic acid groups (broad SMARTS) is 2. The highest BCUT2D eigenvalue weighted by molar-refractivity contribution is 7.80. The Morgan fingerprint density at radius 1 is 1.18 bits per heavy atom. The molecule has 0 spiro atoms. The monoisotopic (exact) mass is 281 g/mol. The van der Waals surface area contributed by atoms with Crippen molar-refractivity contribution in [1.29, 1.82) is 0 Å². The summed E-state index contributed by atoms with van der Waals surface area (Å²) in [4.78, 5) is 32.8. The van der Waals surface area contributed by atoms with Gasteiger partial charge in [-0.1, -0.05) is 0 Å². The summed E-state index contributed by atoms with van der Waals surface area (Å²) in [5, 5.41) is 19.6. The van der Waals surface area contributed by atoms with Gasteiger partial charge >= 0.3 is 11.9 Å². The van der Waals surface area contributed by atoms with E-state index < -0.39 is 29.8 Å². The second-order valence-corrected chi connectivity index (χ2v) is 4.20. The van der Waals surface area contributed by atoms with Crippen molar-refractivity contribution in [3.05, 3.63) is 0 Å². The Kier molecular flexibility index (Phi) is 7.81. The molecule has 0 radical (unpaired) electrons. The number of rotatable bonds is 8. The smallest absolute Gasteiger partial charge is 0.326 e. The summed E-state index contributed by atoms with van der Waals surface area (Å²) in [6.45, 7) is 0. The summed E-state index contributed by atoms with van der Waals surface area (Å²) < 4.78 is 0. The highest BCUT2D eigenvalue weighted by atomic mass is 32.1. The number of nitrogens with one attached hydrogen (secondary N) is 1. The summed E-state index contributed by atoms with van der Waals surface area (Å²) in [6, 6.07) is -1.05. The van der Waals surface area contributed by atoms with E-state index >= 15 is 0 Å². The molecule has 2 unspecified atom stereocenters. The number of aliphatic carboxylic acids is 2. The molecule has 2 atom stereocenters. The lowest BCUT2D eigenvalue weighted by molar-refractivity contribution is -0.143. The molecule has 0 aliphatic heterocycles. The van der Waals surface area contributed by atoms with E-state index in [1.54, 1.807) is 0 Å². The zero-order valence-corrected chi connectivity index (χ0v) is 10.8. The van der Waals surface area contributed by atoms with E-state index in [-0.39, 0.29) is 18.6 Å². The van der Waals surface area contributed by atoms with Crippen LogP contribution in [0.1, 0.15) is 12.8 Å². The van der Waals surface area contributed by atoms with Gasteiger partial charge in [0.15, 0.2) is 0 Å². The lowest BCUT2D eigenvalue weighted by Gasteiger charge is -2.17. The van der Waals surface area contributed by atoms with Gasteiger partial charge in [-0.3, -0.25) is 9.59 Å². The topological polar surface area (TPSA) is 104 Å². The molecule has 0 aromatic rings. The van der Waals surface area contributed by atoms with E-state index in [0.717, 1.165) is 0 Å². The minimum atomic E-state index is -1.17. The van der Waals surface area contributed by atoms with Crippen LogP contribution in [-0.2, 0) is 14.4 Å². The Labute approximate surface area is 110 Å². The predicted molar refractivity (Wildman–Crippen MR) is 67.6 cm³/mol. The third-order valence-corrected chi connectivity index (χ3v) is 2.74. The molecule has 1 amide bonds. The fourth-order valence-corrected chi connectivity index (χ4v) is 1.68. The van der Waals surface area contributed by atoms with Crippen LogP contribution in [0.2, 0.25) is 0 Å². The van der Waals surface area contributed by atoms with Crippen LogP contribution in [0.15, 0.2) is 0 Å². The molecule has 0 aromatic carbocycles. The molecule has 98 valence electrons. The van der Waals surface area contributed by atoms with Crippen molar-refractivity contribution < 1.29 is 24.6 Å². The number of carbonyl (C=O) groups is 3. The van der Waals surface area contributed by atoms with Gasteiger partial charge in [-0.25, -0.2) is 4.79 Å². The predicted octanol–water partition coefficient (Wildman–Crippen LogP) is -0.104. The summed E-state index contributed by atoms with van der Waals surface area (Å²) in [6.07, 6.45) is -0.195. The van der Waals surface area contributed by atoms with Crippen LogP contribution in [0, 0.1) is 5.92 Å². The zero-order chi connectivity index (χ0) is 13.4. The fraction of sp³-hybridized carbons (Fsp3) is 0.667. The molecule has 0 aliphatic rings. The maximum absolute atomic E-state index is 11.6. The van der Waals surface area contributed by atoms with Crippen molar-refractivity contribution in [2.24, 2.45) is 5.92 Å². The minimum Gasteiger partial charge on any atom is -0.481 e. The molecule has 0 heterocycles. The summed E-state index contributed by atoms with van der Waals surface area (Å²) >= 11 is 7.75. The van der Waals surface area contributed by atoms with Crippen LogP contribution in [0.4, 0.5) is 0 Å². The third kappa shape index (κ3) is 6.42. The van der Waals surface area contributed by atoms with Crippen LogP contribution in [0.25, 0.3) is 0 Å². The van der Waals surface area contributed by atoms with Gasteiger partial charge in [-0.2, -0.15) is 25.3 Å². The van der Waals surface area contributed by atoms with Crippen molar-refractivity contribution in [2.45, 2.75) is 18.9 Å². The number of carbonyl (C=O) groups excluding carboxylic acids is 1. The van der Waals surface area contributed by atoms with Gasteiger partial charge < -0.3 is 15.5 Å². The molecular weight excluding hydrogens is 266 g/mol. The van der Waals surface area contributed by atoms with Crippen molar-refractivity contribution in [2.75, 3.05) is 11.5 Å². The van der Waals surface area contributed by atoms with Crippen LogP contribution in [0.3, 0.4) is 0 Å². The Bertz CT molecular complexity index is 297. The molecule has 6 nitrogen and oxygen atoms in total. The minimum absolute atomic E-state index is 0.0470. The molecule has 3 N–H and O–H groups in total. The Morgan fingerprint density at radius 3 is 2.12 bits per heavy atom. The average molecular weight is 281 g/mol. The van der Waals surface area contributed by atoms with Crippen molar-refractivity contribution >= 4 is 43.1 Å². The van der Waals surface area contributed by atoms with Gasteiger partial charge in [0.1, 0.15) is 6.04 Å². The first-order chi connectivity index (χ1) is 7.92. The van der Waals surface area contributed by atoms with Gasteiger partial charge in [-0.15, -0.1) is 0 Å². The standard InChI is InChI=1S/C9H15NO5S2/c11-7(12)3-5(4-17)8(13)10-6(1-2-16)9(14)15/h5-6,16-17H,1-4H2,(H,10,13)(H,11,12)(H,14,15). The Balaban J connectivity index is 4.45. The quantitative estimate of drug-likeness (QED) is 0.400. The van der Waals surface area contributed by atoms with Crippen LogP contribution in [-0.4, -0.2) is 45.6 Å². The normalized spacial score (nSPS) is 13.8. The second-order valence-electron chi connectivity index (χ2n) is 3.39. The van der Waals surface area contributed by atoms with E-state index in [9.17, 15) is 14.4 Å². The second kappa shape index (κ2) is 8.24. The van der Waals surface area contributed by atoms with Gasteiger partial charge in [0.05, 0.1) is 12.3 Å². The summed E-state index contributed by atoms with van der Waals surface area (Å²) in [7, 11) is 0. The SMILES string of the molecule is O=C(O)CC(CS)C(=O)NC(CCS)C(=O)O. The van der Waals surface area contributed by atoms with Gasteiger partial charge in [0, 0.05) is 5.75 Å². The van der Waals surface area contributed by atoms with Crippen molar-refractivity contribution in [3.63, 3.8) is 0 Å². The molecule has 0 saturated heterocycles. The molecule has 0 aliphatic carbocycles. The summed E-state index contributed by atoms with van der Waals surface area (Å²) in [5.41, 5.74) is 0. The highest BCUT2D eigenvalue weighted by Crippen LogP contribution is 2.07. The number of hydrogen-bond acceptors (Lipinski definition) is 5. The molecule has 0 saturated carbocycles. The van der Waals surface area contributed by atoms with Crippen molar-refractivity contribution in [3.8, 4) is 0 Å². The van der Waals surface area contributed by atoms with E-state index in [0.29, 0.717) is 5.75 Å². The molecule has 8 heteroatoms. The first kappa shape index (κ1) is 16.1. The van der Waals surface area contributed by atoms with Crippen LogP contribution >= 0.6 is 25.3 Å². The van der Waals surface area contributed by atoms with Gasteiger partial charge in [0.25, 0.3) is 0 Å². The number of hydrogen-bond donors (Lipinski definition) is 5. The number of carboxylic acids is 2. The third-order valence-electron chi connectivity index (χ3n) is 2.04. The summed E-state index contributed by atoms with van der Waals surface area (Å²) in [5.74, 6) is -3.39. The Hall–Kier alpha value is -0.890. The number of thiol groups is 2. The van der Waals surface area contributed by atoms with E-state index in [4.69, 9.17) is 10.2 Å². The lowest BCUT2D eigenvalue weighted by atomic mass is 10.1. The lowest BCUT2D eigenvalue weighted by Crippen LogP contribution is -2.44. The molecule has 0 rings (SSSR count). The molecule has 0 bridgehead atoms.